The average Bonchev–Trinajstić information content (AvgIpc) is 2.58. The molecule has 0 saturated carbocycles. The Morgan fingerprint density at radius 3 is 2.21 bits per heavy atom. The summed E-state index contributed by atoms with van der Waals surface area (Å²) in [5.74, 6) is -0.352. The van der Waals surface area contributed by atoms with Crippen LogP contribution in [0.25, 0.3) is 0 Å². The monoisotopic (exact) mass is 329 g/mol. The third-order valence-corrected chi connectivity index (χ3v) is 3.67. The van der Waals surface area contributed by atoms with Gasteiger partial charge in [-0.1, -0.05) is 18.2 Å². The molecular weight excluding hydrogens is 310 g/mol. The summed E-state index contributed by atoms with van der Waals surface area (Å²) in [5.41, 5.74) is 7.74. The summed E-state index contributed by atoms with van der Waals surface area (Å²) < 4.78 is 10.5. The molecule has 0 aliphatic rings. The quantitative estimate of drug-likeness (QED) is 0.598. The van der Waals surface area contributed by atoms with E-state index in [4.69, 9.17) is 20.3 Å². The van der Waals surface area contributed by atoms with Gasteiger partial charge in [-0.25, -0.2) is 0 Å². The fourth-order valence-corrected chi connectivity index (χ4v) is 2.42. The van der Waals surface area contributed by atoms with E-state index in [2.05, 4.69) is 0 Å². The van der Waals surface area contributed by atoms with Crippen molar-refractivity contribution in [2.75, 3.05) is 20.0 Å². The van der Waals surface area contributed by atoms with E-state index in [0.717, 1.165) is 0 Å². The zero-order valence-corrected chi connectivity index (χ0v) is 13.5. The zero-order valence-electron chi connectivity index (χ0n) is 13.5. The van der Waals surface area contributed by atoms with Crippen LogP contribution in [0.4, 0.5) is 5.69 Å². The molecule has 0 heterocycles. The fourth-order valence-electron chi connectivity index (χ4n) is 2.42. The van der Waals surface area contributed by atoms with Gasteiger partial charge in [0.15, 0.2) is 0 Å². The Kier molecular flexibility index (Phi) is 5.42. The molecule has 2 aromatic rings. The van der Waals surface area contributed by atoms with Crippen molar-refractivity contribution < 1.29 is 24.2 Å². The van der Waals surface area contributed by atoms with Crippen LogP contribution in [0.3, 0.4) is 0 Å². The number of anilines is 1. The predicted octanol–water partition coefficient (Wildman–Crippen LogP) is 2.53. The topological polar surface area (TPSA) is 98.8 Å². The maximum absolute atomic E-state index is 12.8. The number of nitrogens with two attached hydrogens (primary N) is 1. The van der Waals surface area contributed by atoms with E-state index in [1.807, 2.05) is 0 Å². The number of carboxylic acids is 1. The number of benzene rings is 2. The SMILES string of the molecule is COc1cccc(OC)c1C(=O)c1ccc(CCC(=O)O)c(N)c1. The standard InChI is InChI=1S/C18H19NO5/c1-23-14-4-3-5-15(24-2)17(14)18(22)12-7-6-11(13(19)10-12)8-9-16(20)21/h3-7,10H,8-9,19H2,1-2H3,(H,20,21). The van der Waals surface area contributed by atoms with Crippen LogP contribution in [0.2, 0.25) is 0 Å². The summed E-state index contributed by atoms with van der Waals surface area (Å²) in [5, 5.41) is 8.75. The lowest BCUT2D eigenvalue weighted by molar-refractivity contribution is -0.136. The molecule has 0 unspecified atom stereocenters. The Labute approximate surface area is 139 Å². The summed E-state index contributed by atoms with van der Waals surface area (Å²) in [6, 6.07) is 9.94. The van der Waals surface area contributed by atoms with Gasteiger partial charge in [0.1, 0.15) is 17.1 Å². The first-order valence-corrected chi connectivity index (χ1v) is 7.33. The van der Waals surface area contributed by atoms with E-state index in [0.29, 0.717) is 40.3 Å². The highest BCUT2D eigenvalue weighted by Gasteiger charge is 2.20. The van der Waals surface area contributed by atoms with Crippen molar-refractivity contribution in [2.45, 2.75) is 12.8 Å². The second-order valence-corrected chi connectivity index (χ2v) is 5.17. The van der Waals surface area contributed by atoms with Crippen LogP contribution < -0.4 is 15.2 Å². The van der Waals surface area contributed by atoms with Crippen LogP contribution in [0.5, 0.6) is 11.5 Å². The molecule has 6 nitrogen and oxygen atoms in total. The number of carbonyl (C=O) groups excluding carboxylic acids is 1. The average molecular weight is 329 g/mol. The van der Waals surface area contributed by atoms with Gasteiger partial charge in [-0.3, -0.25) is 9.59 Å². The van der Waals surface area contributed by atoms with Crippen LogP contribution in [-0.2, 0) is 11.2 Å². The molecule has 126 valence electrons. The van der Waals surface area contributed by atoms with Gasteiger partial charge in [-0.15, -0.1) is 0 Å². The van der Waals surface area contributed by atoms with Gasteiger partial charge in [0, 0.05) is 17.7 Å². The normalized spacial score (nSPS) is 10.2. The van der Waals surface area contributed by atoms with Crippen LogP contribution >= 0.6 is 0 Å². The number of hydrogen-bond donors (Lipinski definition) is 2. The number of ether oxygens (including phenoxy) is 2. The van der Waals surface area contributed by atoms with Crippen molar-refractivity contribution in [3.8, 4) is 11.5 Å². The molecule has 0 aliphatic heterocycles. The number of carbonyl (C=O) groups is 2. The van der Waals surface area contributed by atoms with Gasteiger partial charge in [0.25, 0.3) is 0 Å². The van der Waals surface area contributed by atoms with Crippen LogP contribution in [0.15, 0.2) is 36.4 Å². The lowest BCUT2D eigenvalue weighted by Gasteiger charge is -2.13. The summed E-state index contributed by atoms with van der Waals surface area (Å²) in [6.07, 6.45) is 0.297. The van der Waals surface area contributed by atoms with Gasteiger partial charge in [0.05, 0.1) is 14.2 Å². The van der Waals surface area contributed by atoms with Gasteiger partial charge in [-0.2, -0.15) is 0 Å². The smallest absolute Gasteiger partial charge is 0.303 e. The summed E-state index contributed by atoms with van der Waals surface area (Å²) in [6.45, 7) is 0. The van der Waals surface area contributed by atoms with E-state index in [9.17, 15) is 9.59 Å². The molecule has 0 atom stereocenters. The second kappa shape index (κ2) is 7.50. The molecule has 0 amide bonds. The Morgan fingerprint density at radius 2 is 1.71 bits per heavy atom. The van der Waals surface area contributed by atoms with Crippen molar-refractivity contribution in [3.63, 3.8) is 0 Å². The summed E-state index contributed by atoms with van der Waals surface area (Å²) in [7, 11) is 2.96. The third kappa shape index (κ3) is 3.65. The summed E-state index contributed by atoms with van der Waals surface area (Å²) in [4.78, 5) is 23.5. The second-order valence-electron chi connectivity index (χ2n) is 5.17. The maximum Gasteiger partial charge on any atom is 0.303 e. The van der Waals surface area contributed by atoms with Gasteiger partial charge in [0.2, 0.25) is 5.78 Å². The lowest BCUT2D eigenvalue weighted by atomic mass is 9.98. The first-order chi connectivity index (χ1) is 11.5. The zero-order chi connectivity index (χ0) is 17.7. The molecule has 24 heavy (non-hydrogen) atoms. The largest absolute Gasteiger partial charge is 0.496 e. The molecule has 0 aliphatic carbocycles. The van der Waals surface area contributed by atoms with E-state index >= 15 is 0 Å². The number of nitrogen functional groups attached to an aromatic ring is 1. The Balaban J connectivity index is 2.37. The molecular formula is C18H19NO5. The number of carboxylic acid groups (broad SMARTS) is 1. The van der Waals surface area contributed by atoms with Crippen molar-refractivity contribution in [2.24, 2.45) is 0 Å². The molecule has 2 rings (SSSR count). The highest BCUT2D eigenvalue weighted by molar-refractivity contribution is 6.13. The Morgan fingerprint density at radius 1 is 1.08 bits per heavy atom. The minimum absolute atomic E-state index is 0.0160. The maximum atomic E-state index is 12.8. The molecule has 0 spiro atoms. The molecule has 0 saturated heterocycles. The predicted molar refractivity (Wildman–Crippen MR) is 89.8 cm³/mol. The van der Waals surface area contributed by atoms with E-state index in [1.54, 1.807) is 36.4 Å². The van der Waals surface area contributed by atoms with Crippen molar-refractivity contribution in [1.29, 1.82) is 0 Å². The minimum atomic E-state index is -0.895. The van der Waals surface area contributed by atoms with Crippen molar-refractivity contribution in [3.05, 3.63) is 53.1 Å². The Hall–Kier alpha value is -3.02. The van der Waals surface area contributed by atoms with Crippen LogP contribution in [0, 0.1) is 0 Å². The Bertz CT molecular complexity index is 748. The highest BCUT2D eigenvalue weighted by atomic mass is 16.5. The first-order valence-electron chi connectivity index (χ1n) is 7.33. The minimum Gasteiger partial charge on any atom is -0.496 e. The number of ketones is 1. The molecule has 2 aromatic carbocycles. The number of aliphatic carboxylic acids is 1. The fraction of sp³-hybridized carbons (Fsp3) is 0.222. The van der Waals surface area contributed by atoms with Gasteiger partial charge >= 0.3 is 5.97 Å². The molecule has 0 fully saturated rings. The number of hydrogen-bond acceptors (Lipinski definition) is 5. The number of rotatable bonds is 7. The van der Waals surface area contributed by atoms with Crippen LogP contribution in [-0.4, -0.2) is 31.1 Å². The first kappa shape index (κ1) is 17.3. The van der Waals surface area contributed by atoms with Crippen molar-refractivity contribution >= 4 is 17.4 Å². The molecule has 6 heteroatoms. The van der Waals surface area contributed by atoms with E-state index in [1.165, 1.54) is 14.2 Å². The van der Waals surface area contributed by atoms with Crippen molar-refractivity contribution in [1.82, 2.24) is 0 Å². The third-order valence-electron chi connectivity index (χ3n) is 3.67. The molecule has 0 bridgehead atoms. The lowest BCUT2D eigenvalue weighted by Crippen LogP contribution is -2.08. The molecule has 0 radical (unpaired) electrons. The molecule has 0 aromatic heterocycles. The van der Waals surface area contributed by atoms with Gasteiger partial charge < -0.3 is 20.3 Å². The van der Waals surface area contributed by atoms with E-state index < -0.39 is 5.97 Å². The molecule has 3 N–H and O–H groups in total. The van der Waals surface area contributed by atoms with Gasteiger partial charge in [-0.05, 0) is 30.2 Å². The number of methoxy groups -OCH3 is 2. The van der Waals surface area contributed by atoms with Crippen LogP contribution in [0.1, 0.15) is 27.9 Å². The van der Waals surface area contributed by atoms with E-state index in [-0.39, 0.29) is 12.2 Å². The summed E-state index contributed by atoms with van der Waals surface area (Å²) >= 11 is 0. The highest BCUT2D eigenvalue weighted by Crippen LogP contribution is 2.31. The number of aryl methyl sites for hydroxylation is 1.